The summed E-state index contributed by atoms with van der Waals surface area (Å²) in [4.78, 5) is 20.8. The number of carboxylic acids is 1. The molecule has 1 atom stereocenters. The molecule has 0 bridgehead atoms. The van der Waals surface area contributed by atoms with E-state index in [1.807, 2.05) is 0 Å². The van der Waals surface area contributed by atoms with E-state index in [0.717, 1.165) is 31.7 Å². The maximum atomic E-state index is 13.0. The van der Waals surface area contributed by atoms with Gasteiger partial charge in [-0.05, 0) is 36.6 Å². The minimum Gasteiger partial charge on any atom is -0.476 e. The molecule has 3 rings (SSSR count). The standard InChI is InChI=1S/C16H17FN4O2/c17-12-1-3-13(4-2-12)21-6-5-11(10-21)7-19-15-9-18-14(8-20-15)16(22)23/h1-4,8-9,11H,5-7,10H2,(H,19,20)(H,22,23). The lowest BCUT2D eigenvalue weighted by molar-refractivity contribution is 0.0690. The van der Waals surface area contributed by atoms with Crippen LogP contribution in [0.2, 0.25) is 0 Å². The van der Waals surface area contributed by atoms with Gasteiger partial charge in [0, 0.05) is 25.3 Å². The van der Waals surface area contributed by atoms with Crippen LogP contribution in [-0.2, 0) is 0 Å². The zero-order valence-electron chi connectivity index (χ0n) is 12.4. The molecule has 1 aromatic heterocycles. The molecule has 23 heavy (non-hydrogen) atoms. The highest BCUT2D eigenvalue weighted by Crippen LogP contribution is 2.24. The van der Waals surface area contributed by atoms with Crippen LogP contribution < -0.4 is 10.2 Å². The van der Waals surface area contributed by atoms with Gasteiger partial charge in [-0.25, -0.2) is 19.2 Å². The number of halogens is 1. The van der Waals surface area contributed by atoms with E-state index in [1.54, 1.807) is 12.1 Å². The Labute approximate surface area is 133 Å². The number of nitrogens with one attached hydrogen (secondary N) is 1. The van der Waals surface area contributed by atoms with Crippen molar-refractivity contribution in [2.75, 3.05) is 29.9 Å². The number of carboxylic acid groups (broad SMARTS) is 1. The highest BCUT2D eigenvalue weighted by molar-refractivity contribution is 5.84. The first-order chi connectivity index (χ1) is 11.1. The second-order valence-corrected chi connectivity index (χ2v) is 5.55. The second kappa shape index (κ2) is 6.60. The molecule has 7 heteroatoms. The molecule has 2 heterocycles. The molecule has 1 unspecified atom stereocenters. The third-order valence-corrected chi connectivity index (χ3v) is 3.92. The fourth-order valence-corrected chi connectivity index (χ4v) is 2.66. The Kier molecular flexibility index (Phi) is 4.36. The predicted molar refractivity (Wildman–Crippen MR) is 84.2 cm³/mol. The fraction of sp³-hybridized carbons (Fsp3) is 0.312. The van der Waals surface area contributed by atoms with Crippen LogP contribution in [0.25, 0.3) is 0 Å². The molecule has 6 nitrogen and oxygen atoms in total. The molecule has 1 aromatic carbocycles. The van der Waals surface area contributed by atoms with Gasteiger partial charge in [0.25, 0.3) is 0 Å². The van der Waals surface area contributed by atoms with Crippen LogP contribution in [0.3, 0.4) is 0 Å². The summed E-state index contributed by atoms with van der Waals surface area (Å²) in [6.07, 6.45) is 3.70. The molecule has 0 amide bonds. The topological polar surface area (TPSA) is 78.3 Å². The average molecular weight is 316 g/mol. The van der Waals surface area contributed by atoms with Crippen molar-refractivity contribution in [3.8, 4) is 0 Å². The number of aromatic carboxylic acids is 1. The Morgan fingerprint density at radius 1 is 1.30 bits per heavy atom. The lowest BCUT2D eigenvalue weighted by Gasteiger charge is -2.18. The van der Waals surface area contributed by atoms with Crippen LogP contribution in [-0.4, -0.2) is 40.7 Å². The van der Waals surface area contributed by atoms with Crippen LogP contribution in [0.5, 0.6) is 0 Å². The Balaban J connectivity index is 1.52. The van der Waals surface area contributed by atoms with Gasteiger partial charge in [-0.2, -0.15) is 0 Å². The van der Waals surface area contributed by atoms with E-state index < -0.39 is 5.97 Å². The molecule has 2 N–H and O–H groups in total. The van der Waals surface area contributed by atoms with Gasteiger partial charge in [-0.1, -0.05) is 0 Å². The van der Waals surface area contributed by atoms with Crippen LogP contribution in [0, 0.1) is 11.7 Å². The van der Waals surface area contributed by atoms with Crippen molar-refractivity contribution in [2.24, 2.45) is 5.92 Å². The van der Waals surface area contributed by atoms with E-state index in [2.05, 4.69) is 20.2 Å². The summed E-state index contributed by atoms with van der Waals surface area (Å²) in [5, 5.41) is 12.0. The molecule has 1 saturated heterocycles. The number of carbonyl (C=O) groups is 1. The minimum atomic E-state index is -1.09. The van der Waals surface area contributed by atoms with Gasteiger partial charge < -0.3 is 15.3 Å². The molecule has 2 aromatic rings. The highest BCUT2D eigenvalue weighted by Gasteiger charge is 2.22. The van der Waals surface area contributed by atoms with E-state index in [9.17, 15) is 9.18 Å². The number of rotatable bonds is 5. The van der Waals surface area contributed by atoms with Crippen molar-refractivity contribution >= 4 is 17.5 Å². The van der Waals surface area contributed by atoms with Gasteiger partial charge >= 0.3 is 5.97 Å². The Hall–Kier alpha value is -2.70. The Morgan fingerprint density at radius 3 is 2.74 bits per heavy atom. The van der Waals surface area contributed by atoms with Crippen LogP contribution in [0.1, 0.15) is 16.9 Å². The monoisotopic (exact) mass is 316 g/mol. The normalized spacial score (nSPS) is 17.3. The summed E-state index contributed by atoms with van der Waals surface area (Å²) >= 11 is 0. The number of hydrogen-bond donors (Lipinski definition) is 2. The average Bonchev–Trinajstić information content (AvgIpc) is 3.03. The maximum absolute atomic E-state index is 13.0. The summed E-state index contributed by atoms with van der Waals surface area (Å²) in [5.74, 6) is -0.305. The van der Waals surface area contributed by atoms with Crippen molar-refractivity contribution in [2.45, 2.75) is 6.42 Å². The van der Waals surface area contributed by atoms with E-state index in [1.165, 1.54) is 24.5 Å². The van der Waals surface area contributed by atoms with Crippen LogP contribution in [0.4, 0.5) is 15.9 Å². The first-order valence-corrected chi connectivity index (χ1v) is 7.41. The first kappa shape index (κ1) is 15.2. The molecule has 0 radical (unpaired) electrons. The molecule has 1 aliphatic rings. The molecular weight excluding hydrogens is 299 g/mol. The van der Waals surface area contributed by atoms with Gasteiger partial charge in [-0.3, -0.25) is 0 Å². The molecule has 1 aliphatic heterocycles. The largest absolute Gasteiger partial charge is 0.476 e. The number of hydrogen-bond acceptors (Lipinski definition) is 5. The Bertz CT molecular complexity index is 675. The summed E-state index contributed by atoms with van der Waals surface area (Å²) in [5.41, 5.74) is 0.957. The van der Waals surface area contributed by atoms with Crippen molar-refractivity contribution in [1.29, 1.82) is 0 Å². The zero-order valence-corrected chi connectivity index (χ0v) is 12.4. The van der Waals surface area contributed by atoms with Crippen molar-refractivity contribution < 1.29 is 14.3 Å². The van der Waals surface area contributed by atoms with Gasteiger partial charge in [0.1, 0.15) is 11.6 Å². The van der Waals surface area contributed by atoms with E-state index in [4.69, 9.17) is 5.11 Å². The summed E-state index contributed by atoms with van der Waals surface area (Å²) in [6.45, 7) is 2.56. The van der Waals surface area contributed by atoms with E-state index >= 15 is 0 Å². The number of aromatic nitrogens is 2. The van der Waals surface area contributed by atoms with Gasteiger partial charge in [0.15, 0.2) is 5.69 Å². The molecular formula is C16H17FN4O2. The SMILES string of the molecule is O=C(O)c1cnc(NCC2CCN(c3ccc(F)cc3)C2)cn1. The molecule has 0 aliphatic carbocycles. The molecule has 120 valence electrons. The van der Waals surface area contributed by atoms with Crippen molar-refractivity contribution in [3.05, 3.63) is 48.2 Å². The number of benzene rings is 1. The van der Waals surface area contributed by atoms with Crippen LogP contribution >= 0.6 is 0 Å². The van der Waals surface area contributed by atoms with Crippen LogP contribution in [0.15, 0.2) is 36.7 Å². The summed E-state index contributed by atoms with van der Waals surface area (Å²) in [7, 11) is 0. The highest BCUT2D eigenvalue weighted by atomic mass is 19.1. The fourth-order valence-electron chi connectivity index (χ4n) is 2.66. The quantitative estimate of drug-likeness (QED) is 0.881. The third-order valence-electron chi connectivity index (χ3n) is 3.92. The predicted octanol–water partition coefficient (Wildman–Crippen LogP) is 2.25. The van der Waals surface area contributed by atoms with E-state index in [-0.39, 0.29) is 11.5 Å². The first-order valence-electron chi connectivity index (χ1n) is 7.41. The van der Waals surface area contributed by atoms with Crippen molar-refractivity contribution in [1.82, 2.24) is 9.97 Å². The summed E-state index contributed by atoms with van der Waals surface area (Å²) in [6, 6.07) is 6.53. The minimum absolute atomic E-state index is 0.0705. The van der Waals surface area contributed by atoms with Gasteiger partial charge in [-0.15, -0.1) is 0 Å². The smallest absolute Gasteiger partial charge is 0.356 e. The van der Waals surface area contributed by atoms with Gasteiger partial charge in [0.05, 0.1) is 12.4 Å². The Morgan fingerprint density at radius 2 is 2.09 bits per heavy atom. The zero-order chi connectivity index (χ0) is 16.2. The van der Waals surface area contributed by atoms with E-state index in [0.29, 0.717) is 11.7 Å². The van der Waals surface area contributed by atoms with Gasteiger partial charge in [0.2, 0.25) is 0 Å². The lowest BCUT2D eigenvalue weighted by Crippen LogP contribution is -2.22. The maximum Gasteiger partial charge on any atom is 0.356 e. The number of anilines is 2. The molecule has 0 saturated carbocycles. The second-order valence-electron chi connectivity index (χ2n) is 5.55. The lowest BCUT2D eigenvalue weighted by atomic mass is 10.1. The molecule has 1 fully saturated rings. The van der Waals surface area contributed by atoms with Crippen molar-refractivity contribution in [3.63, 3.8) is 0 Å². The third kappa shape index (κ3) is 3.74. The summed E-state index contributed by atoms with van der Waals surface area (Å²) < 4.78 is 13.0. The molecule has 0 spiro atoms. The number of nitrogens with zero attached hydrogens (tertiary/aromatic N) is 3.